The van der Waals surface area contributed by atoms with Crippen LogP contribution in [0.1, 0.15) is 22.8 Å². The lowest BCUT2D eigenvalue weighted by Gasteiger charge is -2.25. The van der Waals surface area contributed by atoms with Crippen LogP contribution in [-0.4, -0.2) is 60.2 Å². The normalized spacial score (nSPS) is 29.1. The molecule has 0 radical (unpaired) electrons. The summed E-state index contributed by atoms with van der Waals surface area (Å²) in [5, 5.41) is 12.6. The fourth-order valence-electron chi connectivity index (χ4n) is 4.26. The van der Waals surface area contributed by atoms with E-state index in [1.54, 1.807) is 0 Å². The monoisotopic (exact) mass is 391 g/mol. The van der Waals surface area contributed by atoms with E-state index in [-0.39, 0.29) is 24.0 Å². The molecule has 2 N–H and O–H groups in total. The lowest BCUT2D eigenvalue weighted by molar-refractivity contribution is 0.0212. The summed E-state index contributed by atoms with van der Waals surface area (Å²) >= 11 is 0. The molecule has 1 aliphatic carbocycles. The quantitative estimate of drug-likeness (QED) is 0.821. The second kappa shape index (κ2) is 6.25. The molecule has 2 aliphatic heterocycles. The Bertz CT molecular complexity index is 1030. The van der Waals surface area contributed by atoms with Crippen molar-refractivity contribution in [3.8, 4) is 0 Å². The predicted molar refractivity (Wildman–Crippen MR) is 97.4 cm³/mol. The average molecular weight is 391 g/mol. The molecule has 9 heteroatoms. The number of rotatable bonds is 3. The molecule has 3 heterocycles. The number of halogens is 2. The smallest absolute Gasteiger partial charge is 0.341 e. The molecule has 3 aliphatic rings. The third-order valence-electron chi connectivity index (χ3n) is 5.82. The number of alkyl halides is 1. The standard InChI is InChI=1S/C19H19F2N3O4/c20-11-3-9-14(5-15(11)23-7-13-17(8-23)28-2-1-22-13)24(16-4-12(16)21)6-10(18(9)25)19(26)27/h3,5-6,12-13,16-17,22H,1-2,4,7-8H2,(H,26,27)/t12-,13-,16+,17+/m0/s1. The third-order valence-corrected chi connectivity index (χ3v) is 5.82. The number of carbonyl (C=O) groups is 1. The summed E-state index contributed by atoms with van der Waals surface area (Å²) in [7, 11) is 0. The first kappa shape index (κ1) is 17.6. The number of nitrogens with one attached hydrogen (secondary N) is 1. The van der Waals surface area contributed by atoms with Crippen LogP contribution in [0.2, 0.25) is 0 Å². The molecule has 0 bridgehead atoms. The van der Waals surface area contributed by atoms with E-state index in [9.17, 15) is 23.5 Å². The van der Waals surface area contributed by atoms with Gasteiger partial charge in [0.05, 0.1) is 36.0 Å². The molecular formula is C19H19F2N3O4. The second-order valence-electron chi connectivity index (χ2n) is 7.60. The Morgan fingerprint density at radius 3 is 2.79 bits per heavy atom. The van der Waals surface area contributed by atoms with Gasteiger partial charge in [0.25, 0.3) is 0 Å². The maximum atomic E-state index is 14.9. The van der Waals surface area contributed by atoms with Crippen LogP contribution in [0.3, 0.4) is 0 Å². The number of hydrogen-bond donors (Lipinski definition) is 2. The molecule has 5 rings (SSSR count). The van der Waals surface area contributed by atoms with Crippen molar-refractivity contribution in [3.63, 3.8) is 0 Å². The molecule has 4 atom stereocenters. The number of carboxylic acids is 1. The highest BCUT2D eigenvalue weighted by Gasteiger charge is 2.41. The zero-order valence-corrected chi connectivity index (χ0v) is 14.9. The number of aromatic carboxylic acids is 1. The van der Waals surface area contributed by atoms with Crippen molar-refractivity contribution in [2.24, 2.45) is 0 Å². The van der Waals surface area contributed by atoms with Crippen molar-refractivity contribution in [1.82, 2.24) is 9.88 Å². The van der Waals surface area contributed by atoms with Gasteiger partial charge in [0.1, 0.15) is 17.6 Å². The minimum absolute atomic E-state index is 0.0425. The van der Waals surface area contributed by atoms with E-state index in [1.165, 1.54) is 16.8 Å². The number of ether oxygens (including phenoxy) is 1. The zero-order valence-electron chi connectivity index (χ0n) is 14.9. The maximum absolute atomic E-state index is 14.9. The van der Waals surface area contributed by atoms with Crippen LogP contribution in [0, 0.1) is 5.82 Å². The van der Waals surface area contributed by atoms with Gasteiger partial charge >= 0.3 is 5.97 Å². The van der Waals surface area contributed by atoms with E-state index in [0.29, 0.717) is 30.9 Å². The van der Waals surface area contributed by atoms with E-state index in [2.05, 4.69) is 5.32 Å². The minimum Gasteiger partial charge on any atom is -0.477 e. The first-order valence-corrected chi connectivity index (χ1v) is 9.29. The highest BCUT2D eigenvalue weighted by Crippen LogP contribution is 2.41. The topological polar surface area (TPSA) is 83.8 Å². The van der Waals surface area contributed by atoms with Gasteiger partial charge in [0.15, 0.2) is 0 Å². The predicted octanol–water partition coefficient (Wildman–Crippen LogP) is 1.30. The van der Waals surface area contributed by atoms with Crippen molar-refractivity contribution >= 4 is 22.6 Å². The van der Waals surface area contributed by atoms with Crippen LogP contribution in [0.4, 0.5) is 14.5 Å². The van der Waals surface area contributed by atoms with Gasteiger partial charge in [-0.1, -0.05) is 0 Å². The number of nitrogens with zero attached hydrogens (tertiary/aromatic N) is 2. The molecule has 0 spiro atoms. The molecule has 3 fully saturated rings. The number of aromatic nitrogens is 1. The largest absolute Gasteiger partial charge is 0.477 e. The SMILES string of the molecule is O=C(O)c1cn([C@@H]2C[C@@H]2F)c2cc(N3C[C@@H]4NCCO[C@@H]4C3)c(F)cc2c1=O. The van der Waals surface area contributed by atoms with Crippen molar-refractivity contribution < 1.29 is 23.4 Å². The van der Waals surface area contributed by atoms with Crippen LogP contribution in [0.15, 0.2) is 23.1 Å². The molecule has 1 saturated carbocycles. The van der Waals surface area contributed by atoms with Crippen molar-refractivity contribution in [1.29, 1.82) is 0 Å². The number of anilines is 1. The number of hydrogen-bond acceptors (Lipinski definition) is 5. The van der Waals surface area contributed by atoms with Crippen LogP contribution in [0.5, 0.6) is 0 Å². The zero-order chi connectivity index (χ0) is 19.6. The van der Waals surface area contributed by atoms with E-state index >= 15 is 0 Å². The molecule has 1 aromatic heterocycles. The highest BCUT2D eigenvalue weighted by molar-refractivity contribution is 5.93. The van der Waals surface area contributed by atoms with Crippen molar-refractivity contribution in [3.05, 3.63) is 39.9 Å². The molecule has 28 heavy (non-hydrogen) atoms. The van der Waals surface area contributed by atoms with Gasteiger partial charge in [-0.3, -0.25) is 4.79 Å². The average Bonchev–Trinajstić information content (AvgIpc) is 3.23. The summed E-state index contributed by atoms with van der Waals surface area (Å²) in [6.45, 7) is 2.41. The molecule has 1 aromatic carbocycles. The van der Waals surface area contributed by atoms with Gasteiger partial charge in [0.2, 0.25) is 5.43 Å². The number of benzene rings is 1. The molecule has 2 saturated heterocycles. The number of pyridine rings is 1. The Morgan fingerprint density at radius 1 is 1.32 bits per heavy atom. The summed E-state index contributed by atoms with van der Waals surface area (Å²) in [5.41, 5.74) is -0.594. The number of fused-ring (bicyclic) bond motifs is 2. The van der Waals surface area contributed by atoms with Gasteiger partial charge in [0, 0.05) is 37.6 Å². The van der Waals surface area contributed by atoms with E-state index < -0.39 is 35.0 Å². The Hall–Kier alpha value is -2.52. The second-order valence-corrected chi connectivity index (χ2v) is 7.60. The summed E-state index contributed by atoms with van der Waals surface area (Å²) < 4.78 is 35.9. The fourth-order valence-corrected chi connectivity index (χ4v) is 4.26. The molecule has 0 amide bonds. The Balaban J connectivity index is 1.64. The van der Waals surface area contributed by atoms with Crippen LogP contribution in [-0.2, 0) is 4.74 Å². The number of carboxylic acid groups (broad SMARTS) is 1. The molecule has 0 unspecified atom stereocenters. The Labute approximate surface area is 158 Å². The van der Waals surface area contributed by atoms with E-state index in [4.69, 9.17) is 4.74 Å². The van der Waals surface area contributed by atoms with Gasteiger partial charge < -0.3 is 24.6 Å². The van der Waals surface area contributed by atoms with Crippen LogP contribution in [0.25, 0.3) is 10.9 Å². The third kappa shape index (κ3) is 2.68. The summed E-state index contributed by atoms with van der Waals surface area (Å²) in [6.07, 6.45) is 0.273. The van der Waals surface area contributed by atoms with Gasteiger partial charge in [-0.05, 0) is 12.1 Å². The Kier molecular flexibility index (Phi) is 3.92. The van der Waals surface area contributed by atoms with Crippen LogP contribution < -0.4 is 15.6 Å². The number of morpholine rings is 1. The van der Waals surface area contributed by atoms with Crippen molar-refractivity contribution in [2.45, 2.75) is 30.8 Å². The fraction of sp³-hybridized carbons (Fsp3) is 0.474. The van der Waals surface area contributed by atoms with Gasteiger partial charge in [-0.2, -0.15) is 0 Å². The molecule has 148 valence electrons. The van der Waals surface area contributed by atoms with Crippen molar-refractivity contribution in [2.75, 3.05) is 31.1 Å². The van der Waals surface area contributed by atoms with Gasteiger partial charge in [-0.15, -0.1) is 0 Å². The molecule has 2 aromatic rings. The highest BCUT2D eigenvalue weighted by atomic mass is 19.1. The summed E-state index contributed by atoms with van der Waals surface area (Å²) in [4.78, 5) is 25.8. The summed E-state index contributed by atoms with van der Waals surface area (Å²) in [5.74, 6) is -2.02. The minimum atomic E-state index is -1.41. The first-order chi connectivity index (χ1) is 13.4. The Morgan fingerprint density at radius 2 is 2.11 bits per heavy atom. The first-order valence-electron chi connectivity index (χ1n) is 9.29. The van der Waals surface area contributed by atoms with Gasteiger partial charge in [-0.25, -0.2) is 13.6 Å². The van der Waals surface area contributed by atoms with Crippen LogP contribution >= 0.6 is 0 Å². The lowest BCUT2D eigenvalue weighted by Crippen LogP contribution is -2.47. The maximum Gasteiger partial charge on any atom is 0.341 e. The molecular weight excluding hydrogens is 372 g/mol. The van der Waals surface area contributed by atoms with E-state index in [1.807, 2.05) is 4.90 Å². The van der Waals surface area contributed by atoms with E-state index in [0.717, 1.165) is 12.6 Å². The lowest BCUT2D eigenvalue weighted by atomic mass is 10.1. The summed E-state index contributed by atoms with van der Waals surface area (Å²) in [6, 6.07) is 2.16. The molecule has 7 nitrogen and oxygen atoms in total.